The van der Waals surface area contributed by atoms with Gasteiger partial charge in [-0.15, -0.1) is 24.8 Å². The maximum Gasteiger partial charge on any atom is 0.239 e. The van der Waals surface area contributed by atoms with Crippen LogP contribution in [0.5, 0.6) is 0 Å². The van der Waals surface area contributed by atoms with Crippen molar-refractivity contribution in [2.75, 3.05) is 31.1 Å². The van der Waals surface area contributed by atoms with Gasteiger partial charge in [-0.05, 0) is 18.1 Å². The van der Waals surface area contributed by atoms with Crippen molar-refractivity contribution in [1.29, 1.82) is 0 Å². The number of piperazine rings is 1. The Kier molecular flexibility index (Phi) is 8.63. The van der Waals surface area contributed by atoms with Crippen LogP contribution in [0.4, 0.5) is 5.82 Å². The third-order valence-electron chi connectivity index (χ3n) is 3.57. The lowest BCUT2D eigenvalue weighted by Crippen LogP contribution is -2.54. The molecule has 5 nitrogen and oxygen atoms in total. The van der Waals surface area contributed by atoms with Gasteiger partial charge in [-0.2, -0.15) is 0 Å². The van der Waals surface area contributed by atoms with E-state index < -0.39 is 0 Å². The minimum absolute atomic E-state index is 0. The Balaban J connectivity index is 0.00000200. The van der Waals surface area contributed by atoms with Crippen molar-refractivity contribution in [1.82, 2.24) is 9.88 Å². The zero-order chi connectivity index (χ0) is 13.8. The van der Waals surface area contributed by atoms with E-state index in [1.54, 1.807) is 6.20 Å². The summed E-state index contributed by atoms with van der Waals surface area (Å²) in [5.41, 5.74) is 5.92. The first-order chi connectivity index (χ1) is 9.09. The van der Waals surface area contributed by atoms with Gasteiger partial charge in [0.2, 0.25) is 5.91 Å². The monoisotopic (exact) mass is 334 g/mol. The second-order valence-corrected chi connectivity index (χ2v) is 5.27. The quantitative estimate of drug-likeness (QED) is 0.911. The number of pyridine rings is 1. The molecule has 1 aromatic heterocycles. The van der Waals surface area contributed by atoms with Crippen LogP contribution in [0.15, 0.2) is 24.4 Å². The molecule has 21 heavy (non-hydrogen) atoms. The molecule has 1 amide bonds. The van der Waals surface area contributed by atoms with Gasteiger partial charge in [0.15, 0.2) is 0 Å². The van der Waals surface area contributed by atoms with Gasteiger partial charge in [0.25, 0.3) is 0 Å². The van der Waals surface area contributed by atoms with Gasteiger partial charge in [-0.3, -0.25) is 4.79 Å². The molecule has 0 saturated carbocycles. The van der Waals surface area contributed by atoms with Crippen LogP contribution in [0.25, 0.3) is 0 Å². The van der Waals surface area contributed by atoms with E-state index in [4.69, 9.17) is 5.73 Å². The average molecular weight is 335 g/mol. The molecule has 1 aromatic rings. The summed E-state index contributed by atoms with van der Waals surface area (Å²) >= 11 is 0. The Morgan fingerprint density at radius 3 is 2.29 bits per heavy atom. The van der Waals surface area contributed by atoms with Gasteiger partial charge in [0, 0.05) is 32.4 Å². The molecule has 0 aliphatic carbocycles. The molecule has 0 aromatic carbocycles. The molecule has 2 rings (SSSR count). The Bertz CT molecular complexity index is 422. The molecule has 120 valence electrons. The lowest BCUT2D eigenvalue weighted by atomic mass is 10.0. The Morgan fingerprint density at radius 2 is 1.81 bits per heavy atom. The highest BCUT2D eigenvalue weighted by atomic mass is 35.5. The van der Waals surface area contributed by atoms with Crippen molar-refractivity contribution < 1.29 is 4.79 Å². The van der Waals surface area contributed by atoms with E-state index in [0.29, 0.717) is 0 Å². The van der Waals surface area contributed by atoms with Gasteiger partial charge in [0.05, 0.1) is 6.04 Å². The highest BCUT2D eigenvalue weighted by molar-refractivity contribution is 5.85. The third kappa shape index (κ3) is 5.02. The summed E-state index contributed by atoms with van der Waals surface area (Å²) in [6.45, 7) is 7.02. The SMILES string of the molecule is CC(C)[C@@H](N)C(=O)N1CCN(c2ccccn2)CC1.Cl.Cl. The molecule has 2 heterocycles. The lowest BCUT2D eigenvalue weighted by molar-refractivity contribution is -0.133. The molecule has 1 fully saturated rings. The van der Waals surface area contributed by atoms with Crippen LogP contribution in [0.3, 0.4) is 0 Å². The van der Waals surface area contributed by atoms with Crippen LogP contribution in [0.1, 0.15) is 13.8 Å². The maximum atomic E-state index is 12.1. The number of carbonyl (C=O) groups excluding carboxylic acids is 1. The van der Waals surface area contributed by atoms with Crippen molar-refractivity contribution >= 4 is 36.5 Å². The largest absolute Gasteiger partial charge is 0.353 e. The Hall–Kier alpha value is -1.04. The van der Waals surface area contributed by atoms with Crippen LogP contribution in [-0.2, 0) is 4.79 Å². The molecule has 0 unspecified atom stereocenters. The van der Waals surface area contributed by atoms with E-state index in [9.17, 15) is 4.79 Å². The first-order valence-electron chi connectivity index (χ1n) is 6.80. The highest BCUT2D eigenvalue weighted by Gasteiger charge is 2.27. The Morgan fingerprint density at radius 1 is 1.19 bits per heavy atom. The van der Waals surface area contributed by atoms with E-state index in [2.05, 4.69) is 9.88 Å². The summed E-state index contributed by atoms with van der Waals surface area (Å²) in [6, 6.07) is 5.50. The van der Waals surface area contributed by atoms with E-state index in [1.165, 1.54) is 0 Å². The van der Waals surface area contributed by atoms with E-state index in [-0.39, 0.29) is 42.7 Å². The van der Waals surface area contributed by atoms with E-state index in [0.717, 1.165) is 32.0 Å². The smallest absolute Gasteiger partial charge is 0.239 e. The minimum Gasteiger partial charge on any atom is -0.353 e. The Labute approximate surface area is 138 Å². The number of nitrogens with two attached hydrogens (primary N) is 1. The summed E-state index contributed by atoms with van der Waals surface area (Å²) in [5, 5.41) is 0. The molecular formula is C14H24Cl2N4O. The molecule has 1 saturated heterocycles. The van der Waals surface area contributed by atoms with Gasteiger partial charge in [-0.1, -0.05) is 19.9 Å². The fourth-order valence-electron chi connectivity index (χ4n) is 2.19. The van der Waals surface area contributed by atoms with Crippen molar-refractivity contribution in [3.63, 3.8) is 0 Å². The molecule has 1 aliphatic rings. The molecule has 7 heteroatoms. The zero-order valence-electron chi connectivity index (χ0n) is 12.4. The number of halogens is 2. The first kappa shape index (κ1) is 20.0. The minimum atomic E-state index is -0.388. The normalized spacial score (nSPS) is 16.0. The summed E-state index contributed by atoms with van der Waals surface area (Å²) in [4.78, 5) is 20.5. The number of nitrogens with zero attached hydrogens (tertiary/aromatic N) is 3. The van der Waals surface area contributed by atoms with Crippen molar-refractivity contribution in [3.8, 4) is 0 Å². The zero-order valence-corrected chi connectivity index (χ0v) is 14.1. The number of anilines is 1. The second kappa shape index (κ2) is 9.07. The number of carbonyl (C=O) groups is 1. The van der Waals surface area contributed by atoms with E-state index in [1.807, 2.05) is 36.9 Å². The molecule has 0 radical (unpaired) electrons. The fourth-order valence-corrected chi connectivity index (χ4v) is 2.19. The molecule has 1 atom stereocenters. The summed E-state index contributed by atoms with van der Waals surface area (Å²) in [7, 11) is 0. The number of rotatable bonds is 3. The van der Waals surface area contributed by atoms with E-state index >= 15 is 0 Å². The molecule has 0 bridgehead atoms. The summed E-state index contributed by atoms with van der Waals surface area (Å²) in [5.74, 6) is 1.22. The topological polar surface area (TPSA) is 62.5 Å². The summed E-state index contributed by atoms with van der Waals surface area (Å²) < 4.78 is 0. The van der Waals surface area contributed by atoms with Crippen molar-refractivity contribution in [2.24, 2.45) is 11.7 Å². The van der Waals surface area contributed by atoms with Gasteiger partial charge in [0.1, 0.15) is 5.82 Å². The lowest BCUT2D eigenvalue weighted by Gasteiger charge is -2.37. The molecule has 2 N–H and O–H groups in total. The standard InChI is InChI=1S/C14H22N4O.2ClH/c1-11(2)13(15)14(19)18-9-7-17(8-10-18)12-5-3-4-6-16-12;;/h3-6,11,13H,7-10,15H2,1-2H3;2*1H/t13-;;/m1../s1. The number of hydrogen-bond acceptors (Lipinski definition) is 4. The highest BCUT2D eigenvalue weighted by Crippen LogP contribution is 2.13. The van der Waals surface area contributed by atoms with Crippen LogP contribution in [-0.4, -0.2) is 48.0 Å². The fraction of sp³-hybridized carbons (Fsp3) is 0.571. The first-order valence-corrected chi connectivity index (χ1v) is 6.80. The van der Waals surface area contributed by atoms with Crippen molar-refractivity contribution in [3.05, 3.63) is 24.4 Å². The third-order valence-corrected chi connectivity index (χ3v) is 3.57. The van der Waals surface area contributed by atoms with Crippen LogP contribution < -0.4 is 10.6 Å². The average Bonchev–Trinajstić information content (AvgIpc) is 2.46. The van der Waals surface area contributed by atoms with Crippen molar-refractivity contribution in [2.45, 2.75) is 19.9 Å². The predicted octanol–water partition coefficient (Wildman–Crippen LogP) is 1.56. The van der Waals surface area contributed by atoms with Crippen LogP contribution in [0, 0.1) is 5.92 Å². The number of aromatic nitrogens is 1. The maximum absolute atomic E-state index is 12.1. The summed E-state index contributed by atoms with van der Waals surface area (Å²) in [6.07, 6.45) is 1.79. The van der Waals surface area contributed by atoms with Gasteiger partial charge >= 0.3 is 0 Å². The molecular weight excluding hydrogens is 311 g/mol. The number of hydrogen-bond donors (Lipinski definition) is 1. The van der Waals surface area contributed by atoms with Crippen LogP contribution >= 0.6 is 24.8 Å². The predicted molar refractivity (Wildman–Crippen MR) is 90.3 cm³/mol. The van der Waals surface area contributed by atoms with Gasteiger partial charge in [-0.25, -0.2) is 4.98 Å². The van der Waals surface area contributed by atoms with Crippen LogP contribution in [0.2, 0.25) is 0 Å². The number of amides is 1. The molecule has 1 aliphatic heterocycles. The molecule has 0 spiro atoms. The second-order valence-electron chi connectivity index (χ2n) is 5.27. The van der Waals surface area contributed by atoms with Gasteiger partial charge < -0.3 is 15.5 Å².